The highest BCUT2D eigenvalue weighted by Gasteiger charge is 2.05. The number of carbonyl (C=O) groups excluding carboxylic acids is 1. The van der Waals surface area contributed by atoms with Crippen LogP contribution in [0.3, 0.4) is 0 Å². The number of carbonyl (C=O) groups is 1. The van der Waals surface area contributed by atoms with Crippen molar-refractivity contribution in [1.82, 2.24) is 4.98 Å². The number of thiazole rings is 1. The predicted octanol–water partition coefficient (Wildman–Crippen LogP) is 3.15. The molecule has 0 aliphatic heterocycles. The molecule has 0 saturated carbocycles. The van der Waals surface area contributed by atoms with Crippen molar-refractivity contribution >= 4 is 17.6 Å². The zero-order valence-corrected chi connectivity index (χ0v) is 10.6. The summed E-state index contributed by atoms with van der Waals surface area (Å²) >= 11 is 1.65. The quantitative estimate of drug-likeness (QED) is 0.779. The van der Waals surface area contributed by atoms with Crippen LogP contribution in [-0.4, -0.2) is 11.3 Å². The molecule has 0 amide bonds. The summed E-state index contributed by atoms with van der Waals surface area (Å²) < 4.78 is 5.64. The predicted molar refractivity (Wildman–Crippen MR) is 67.7 cm³/mol. The normalized spacial score (nSPS) is 10.2. The third kappa shape index (κ3) is 2.91. The van der Waals surface area contributed by atoms with Gasteiger partial charge in [-0.2, -0.15) is 0 Å². The Hall–Kier alpha value is -1.68. The van der Waals surface area contributed by atoms with Crippen LogP contribution < -0.4 is 4.74 Å². The average Bonchev–Trinajstić information content (AvgIpc) is 2.66. The van der Waals surface area contributed by atoms with Crippen LogP contribution in [0.15, 0.2) is 24.3 Å². The number of benzene rings is 1. The van der Waals surface area contributed by atoms with Crippen LogP contribution in [0, 0.1) is 13.8 Å². The molecule has 1 heterocycles. The summed E-state index contributed by atoms with van der Waals surface area (Å²) in [7, 11) is 0. The molecule has 17 heavy (non-hydrogen) atoms. The van der Waals surface area contributed by atoms with E-state index in [0.717, 1.165) is 27.6 Å². The van der Waals surface area contributed by atoms with Gasteiger partial charge in [-0.05, 0) is 38.1 Å². The summed E-state index contributed by atoms with van der Waals surface area (Å²) in [5.41, 5.74) is 1.68. The second-order valence-electron chi connectivity index (χ2n) is 3.72. The third-order valence-corrected chi connectivity index (χ3v) is 3.43. The molecule has 88 valence electrons. The molecule has 0 radical (unpaired) electrons. The van der Waals surface area contributed by atoms with E-state index in [1.54, 1.807) is 35.6 Å². The molecule has 2 rings (SSSR count). The lowest BCUT2D eigenvalue weighted by molar-refractivity contribution is 0.112. The van der Waals surface area contributed by atoms with Gasteiger partial charge in [-0.25, -0.2) is 4.98 Å². The summed E-state index contributed by atoms with van der Waals surface area (Å²) in [4.78, 5) is 16.0. The minimum Gasteiger partial charge on any atom is -0.488 e. The largest absolute Gasteiger partial charge is 0.488 e. The molecule has 0 aliphatic rings. The molecule has 1 aromatic carbocycles. The molecule has 0 spiro atoms. The summed E-state index contributed by atoms with van der Waals surface area (Å²) in [6.07, 6.45) is 0.820. The fraction of sp³-hybridized carbons (Fsp3) is 0.231. The maximum absolute atomic E-state index is 10.5. The van der Waals surface area contributed by atoms with Crippen molar-refractivity contribution in [3.63, 3.8) is 0 Å². The van der Waals surface area contributed by atoms with Gasteiger partial charge in [-0.3, -0.25) is 4.79 Å². The van der Waals surface area contributed by atoms with E-state index in [1.807, 2.05) is 13.8 Å². The topological polar surface area (TPSA) is 39.2 Å². The molecule has 4 heteroatoms. The lowest BCUT2D eigenvalue weighted by atomic mass is 10.2. The van der Waals surface area contributed by atoms with Gasteiger partial charge in [-0.1, -0.05) is 0 Å². The number of aromatic nitrogens is 1. The zero-order chi connectivity index (χ0) is 12.3. The maximum Gasteiger partial charge on any atom is 0.150 e. The molecular weight excluding hydrogens is 234 g/mol. The van der Waals surface area contributed by atoms with Gasteiger partial charge in [0.2, 0.25) is 0 Å². The van der Waals surface area contributed by atoms with E-state index >= 15 is 0 Å². The van der Waals surface area contributed by atoms with Crippen molar-refractivity contribution in [2.45, 2.75) is 20.5 Å². The van der Waals surface area contributed by atoms with Gasteiger partial charge >= 0.3 is 0 Å². The molecule has 3 nitrogen and oxygen atoms in total. The standard InChI is InChI=1S/C13H13NO2S/c1-9-13(17-10(2)14-9)8-16-12-5-3-11(7-15)4-6-12/h3-7H,8H2,1-2H3. The molecule has 0 atom stereocenters. The van der Waals surface area contributed by atoms with E-state index in [1.165, 1.54) is 0 Å². The van der Waals surface area contributed by atoms with Crippen LogP contribution in [0.5, 0.6) is 5.75 Å². The Labute approximate surface area is 104 Å². The maximum atomic E-state index is 10.5. The highest BCUT2D eigenvalue weighted by atomic mass is 32.1. The van der Waals surface area contributed by atoms with E-state index in [0.29, 0.717) is 12.2 Å². The van der Waals surface area contributed by atoms with Crippen LogP contribution >= 0.6 is 11.3 Å². The first-order valence-corrected chi connectivity index (χ1v) is 6.11. The number of aryl methyl sites for hydroxylation is 2. The molecule has 0 fully saturated rings. The third-order valence-electron chi connectivity index (χ3n) is 2.39. The van der Waals surface area contributed by atoms with E-state index < -0.39 is 0 Å². The first-order valence-electron chi connectivity index (χ1n) is 5.30. The molecule has 0 aliphatic carbocycles. The van der Waals surface area contributed by atoms with Crippen molar-refractivity contribution in [3.05, 3.63) is 45.4 Å². The van der Waals surface area contributed by atoms with Crippen LogP contribution in [0.2, 0.25) is 0 Å². The molecule has 2 aromatic rings. The summed E-state index contributed by atoms with van der Waals surface area (Å²) in [6, 6.07) is 7.08. The first kappa shape index (κ1) is 11.8. The van der Waals surface area contributed by atoms with Gasteiger partial charge < -0.3 is 4.74 Å². The minimum absolute atomic E-state index is 0.526. The number of rotatable bonds is 4. The van der Waals surface area contributed by atoms with E-state index in [9.17, 15) is 4.79 Å². The van der Waals surface area contributed by atoms with Crippen molar-refractivity contribution in [2.75, 3.05) is 0 Å². The highest BCUT2D eigenvalue weighted by Crippen LogP contribution is 2.20. The van der Waals surface area contributed by atoms with Crippen LogP contribution in [0.1, 0.15) is 25.9 Å². The molecule has 1 aromatic heterocycles. The lowest BCUT2D eigenvalue weighted by Crippen LogP contribution is -1.95. The van der Waals surface area contributed by atoms with Gasteiger partial charge in [0.1, 0.15) is 18.6 Å². The van der Waals surface area contributed by atoms with E-state index in [4.69, 9.17) is 4.74 Å². The fourth-order valence-corrected chi connectivity index (χ4v) is 2.35. The Kier molecular flexibility index (Phi) is 3.54. The number of ether oxygens (including phenoxy) is 1. The van der Waals surface area contributed by atoms with Gasteiger partial charge in [0.25, 0.3) is 0 Å². The van der Waals surface area contributed by atoms with Crippen molar-refractivity contribution in [2.24, 2.45) is 0 Å². The van der Waals surface area contributed by atoms with E-state index in [-0.39, 0.29) is 0 Å². The van der Waals surface area contributed by atoms with Crippen molar-refractivity contribution in [3.8, 4) is 5.75 Å². The lowest BCUT2D eigenvalue weighted by Gasteiger charge is -2.04. The number of hydrogen-bond donors (Lipinski definition) is 0. The van der Waals surface area contributed by atoms with Crippen LogP contribution in [-0.2, 0) is 6.61 Å². The van der Waals surface area contributed by atoms with Gasteiger partial charge in [0.05, 0.1) is 15.6 Å². The van der Waals surface area contributed by atoms with Crippen molar-refractivity contribution in [1.29, 1.82) is 0 Å². The number of hydrogen-bond acceptors (Lipinski definition) is 4. The molecule has 0 bridgehead atoms. The second-order valence-corrected chi connectivity index (χ2v) is 5.00. The Bertz CT molecular complexity index is 517. The van der Waals surface area contributed by atoms with Crippen LogP contribution in [0.25, 0.3) is 0 Å². The zero-order valence-electron chi connectivity index (χ0n) is 9.77. The summed E-state index contributed by atoms with van der Waals surface area (Å²) in [5, 5.41) is 1.05. The van der Waals surface area contributed by atoms with E-state index in [2.05, 4.69) is 4.98 Å². The molecular formula is C13H13NO2S. The number of nitrogens with zero attached hydrogens (tertiary/aromatic N) is 1. The molecule has 0 saturated heterocycles. The second kappa shape index (κ2) is 5.10. The van der Waals surface area contributed by atoms with Crippen LogP contribution in [0.4, 0.5) is 0 Å². The average molecular weight is 247 g/mol. The van der Waals surface area contributed by atoms with Gasteiger partial charge in [0, 0.05) is 5.56 Å². The number of aldehydes is 1. The Balaban J connectivity index is 2.02. The summed E-state index contributed by atoms with van der Waals surface area (Å²) in [6.45, 7) is 4.50. The fourth-order valence-electron chi connectivity index (χ4n) is 1.50. The Morgan fingerprint density at radius 1 is 1.29 bits per heavy atom. The van der Waals surface area contributed by atoms with Gasteiger partial charge in [-0.15, -0.1) is 11.3 Å². The Morgan fingerprint density at radius 2 is 2.00 bits per heavy atom. The highest BCUT2D eigenvalue weighted by molar-refractivity contribution is 7.11. The SMILES string of the molecule is Cc1nc(C)c(COc2ccc(C=O)cc2)s1. The first-order chi connectivity index (χ1) is 8.19. The smallest absolute Gasteiger partial charge is 0.150 e. The molecule has 0 unspecified atom stereocenters. The monoisotopic (exact) mass is 247 g/mol. The molecule has 0 N–H and O–H groups in total. The van der Waals surface area contributed by atoms with Gasteiger partial charge in [0.15, 0.2) is 0 Å². The Morgan fingerprint density at radius 3 is 2.53 bits per heavy atom. The minimum atomic E-state index is 0.526. The van der Waals surface area contributed by atoms with Crippen molar-refractivity contribution < 1.29 is 9.53 Å². The summed E-state index contributed by atoms with van der Waals surface area (Å²) in [5.74, 6) is 0.765.